The van der Waals surface area contributed by atoms with E-state index >= 15 is 0 Å². The number of aliphatic hydroxyl groups is 1. The maximum atomic E-state index is 12.8. The largest absolute Gasteiger partial charge is 0.497 e. The summed E-state index contributed by atoms with van der Waals surface area (Å²) in [6, 6.07) is 7.60. The Kier molecular flexibility index (Phi) is 4.28. The second-order valence-electron chi connectivity index (χ2n) is 5.78. The number of aromatic nitrogens is 1. The van der Waals surface area contributed by atoms with Crippen molar-refractivity contribution in [2.24, 2.45) is 7.05 Å². The molecule has 2 atom stereocenters. The maximum absolute atomic E-state index is 12.8. The fourth-order valence-electron chi connectivity index (χ4n) is 3.10. The zero-order valence-electron chi connectivity index (χ0n) is 13.7. The summed E-state index contributed by atoms with van der Waals surface area (Å²) in [5, 5.41) is 11.0. The molecule has 1 aromatic heterocycles. The van der Waals surface area contributed by atoms with Gasteiger partial charge >= 0.3 is 0 Å². The highest BCUT2D eigenvalue weighted by Gasteiger charge is 2.35. The fourth-order valence-corrected chi connectivity index (χ4v) is 3.10. The summed E-state index contributed by atoms with van der Waals surface area (Å²) >= 11 is 0. The predicted molar refractivity (Wildman–Crippen MR) is 86.8 cm³/mol. The van der Waals surface area contributed by atoms with Crippen molar-refractivity contribution < 1.29 is 19.4 Å². The quantitative estimate of drug-likeness (QED) is 0.926. The number of hydrogen-bond donors (Lipinski definition) is 1. The number of rotatable bonds is 4. The van der Waals surface area contributed by atoms with Gasteiger partial charge in [0.25, 0.3) is 5.91 Å². The highest BCUT2D eigenvalue weighted by Crippen LogP contribution is 2.25. The van der Waals surface area contributed by atoms with E-state index in [0.717, 1.165) is 16.7 Å². The zero-order valence-corrected chi connectivity index (χ0v) is 13.7. The van der Waals surface area contributed by atoms with Gasteiger partial charge in [-0.3, -0.25) is 4.79 Å². The van der Waals surface area contributed by atoms with Crippen LogP contribution in [0.1, 0.15) is 17.4 Å². The number of likely N-dealkylation sites (tertiary alicyclic amines) is 1. The molecule has 0 bridgehead atoms. The Bertz CT molecular complexity index is 725. The molecule has 1 aliphatic rings. The second-order valence-corrected chi connectivity index (χ2v) is 5.78. The fraction of sp³-hybridized carbons (Fsp3) is 0.471. The van der Waals surface area contributed by atoms with Gasteiger partial charge in [-0.25, -0.2) is 0 Å². The lowest BCUT2D eigenvalue weighted by atomic mass is 10.2. The highest BCUT2D eigenvalue weighted by molar-refractivity contribution is 5.99. The number of carbonyl (C=O) groups is 1. The minimum Gasteiger partial charge on any atom is -0.497 e. The molecule has 1 aromatic carbocycles. The van der Waals surface area contributed by atoms with Gasteiger partial charge in [0.15, 0.2) is 0 Å². The van der Waals surface area contributed by atoms with E-state index in [4.69, 9.17) is 9.47 Å². The maximum Gasteiger partial charge on any atom is 0.270 e. The summed E-state index contributed by atoms with van der Waals surface area (Å²) in [4.78, 5) is 14.4. The van der Waals surface area contributed by atoms with Gasteiger partial charge in [0.1, 0.15) is 17.5 Å². The van der Waals surface area contributed by atoms with Crippen LogP contribution in [-0.4, -0.2) is 59.5 Å². The van der Waals surface area contributed by atoms with Crippen LogP contribution < -0.4 is 4.74 Å². The normalized spacial score (nSPS) is 21.1. The van der Waals surface area contributed by atoms with E-state index in [1.807, 2.05) is 42.8 Å². The number of fused-ring (bicyclic) bond motifs is 1. The van der Waals surface area contributed by atoms with E-state index in [1.165, 1.54) is 0 Å². The monoisotopic (exact) mass is 318 g/mol. The van der Waals surface area contributed by atoms with Crippen LogP contribution in [0.3, 0.4) is 0 Å². The summed E-state index contributed by atoms with van der Waals surface area (Å²) < 4.78 is 12.6. The van der Waals surface area contributed by atoms with E-state index in [-0.39, 0.29) is 12.0 Å². The Morgan fingerprint density at radius 3 is 2.83 bits per heavy atom. The summed E-state index contributed by atoms with van der Waals surface area (Å²) in [6.45, 7) is 3.12. The van der Waals surface area contributed by atoms with Crippen LogP contribution in [0.4, 0.5) is 0 Å². The molecule has 0 radical (unpaired) electrons. The first-order chi connectivity index (χ1) is 11.0. The number of aliphatic hydroxyl groups excluding tert-OH is 1. The molecule has 1 aliphatic heterocycles. The number of carbonyl (C=O) groups excluding carboxylic acids is 1. The third-order valence-corrected chi connectivity index (χ3v) is 4.38. The van der Waals surface area contributed by atoms with E-state index < -0.39 is 6.10 Å². The van der Waals surface area contributed by atoms with Crippen molar-refractivity contribution in [3.8, 4) is 5.75 Å². The van der Waals surface area contributed by atoms with Crippen molar-refractivity contribution in [2.75, 3.05) is 26.8 Å². The molecule has 0 unspecified atom stereocenters. The first-order valence-electron chi connectivity index (χ1n) is 7.77. The lowest BCUT2D eigenvalue weighted by Crippen LogP contribution is -2.31. The number of ether oxygens (including phenoxy) is 2. The molecular weight excluding hydrogens is 296 g/mol. The molecule has 6 heteroatoms. The Morgan fingerprint density at radius 1 is 1.35 bits per heavy atom. The third kappa shape index (κ3) is 2.80. The van der Waals surface area contributed by atoms with Gasteiger partial charge in [0.05, 0.1) is 18.7 Å². The van der Waals surface area contributed by atoms with Crippen LogP contribution in [0.2, 0.25) is 0 Å². The molecule has 0 saturated carbocycles. The van der Waals surface area contributed by atoms with Crippen LogP contribution >= 0.6 is 0 Å². The van der Waals surface area contributed by atoms with Crippen LogP contribution in [0.15, 0.2) is 24.3 Å². The molecule has 23 heavy (non-hydrogen) atoms. The van der Waals surface area contributed by atoms with E-state index in [1.54, 1.807) is 12.0 Å². The van der Waals surface area contributed by atoms with E-state index in [0.29, 0.717) is 25.4 Å². The van der Waals surface area contributed by atoms with Gasteiger partial charge in [-0.2, -0.15) is 0 Å². The lowest BCUT2D eigenvalue weighted by molar-refractivity contribution is -0.00237. The molecule has 0 aliphatic carbocycles. The lowest BCUT2D eigenvalue weighted by Gasteiger charge is -2.16. The number of methoxy groups -OCH3 is 1. The van der Waals surface area contributed by atoms with Crippen LogP contribution in [0.25, 0.3) is 10.9 Å². The second kappa shape index (κ2) is 6.22. The van der Waals surface area contributed by atoms with E-state index in [2.05, 4.69) is 0 Å². The molecule has 1 N–H and O–H groups in total. The summed E-state index contributed by atoms with van der Waals surface area (Å²) in [5.41, 5.74) is 1.53. The van der Waals surface area contributed by atoms with Gasteiger partial charge in [0.2, 0.25) is 0 Å². The van der Waals surface area contributed by atoms with Crippen molar-refractivity contribution in [2.45, 2.75) is 19.1 Å². The average Bonchev–Trinajstić information content (AvgIpc) is 3.08. The summed E-state index contributed by atoms with van der Waals surface area (Å²) in [6.07, 6.45) is -0.938. The van der Waals surface area contributed by atoms with Gasteiger partial charge < -0.3 is 24.0 Å². The van der Waals surface area contributed by atoms with Crippen molar-refractivity contribution in [1.29, 1.82) is 0 Å². The number of β-amino-alcohol motifs (C(OH)–C–C–N with tert-alkyl or cyclic N) is 1. The molecule has 2 aromatic rings. The number of nitrogens with zero attached hydrogens (tertiary/aromatic N) is 2. The topological polar surface area (TPSA) is 63.9 Å². The molecular formula is C17H22N2O4. The smallest absolute Gasteiger partial charge is 0.270 e. The molecule has 1 saturated heterocycles. The number of aryl methyl sites for hydroxylation is 1. The van der Waals surface area contributed by atoms with Crippen molar-refractivity contribution in [3.05, 3.63) is 30.0 Å². The van der Waals surface area contributed by atoms with Crippen molar-refractivity contribution in [1.82, 2.24) is 9.47 Å². The first kappa shape index (κ1) is 15.8. The zero-order chi connectivity index (χ0) is 16.6. The molecule has 0 spiro atoms. The molecule has 1 amide bonds. The van der Waals surface area contributed by atoms with Gasteiger partial charge in [-0.1, -0.05) is 0 Å². The summed E-state index contributed by atoms with van der Waals surface area (Å²) in [5.74, 6) is 0.662. The minimum absolute atomic E-state index is 0.0936. The number of hydrogen-bond acceptors (Lipinski definition) is 4. The first-order valence-corrected chi connectivity index (χ1v) is 7.77. The molecule has 6 nitrogen and oxygen atoms in total. The average molecular weight is 318 g/mol. The van der Waals surface area contributed by atoms with Gasteiger partial charge in [-0.05, 0) is 25.1 Å². The van der Waals surface area contributed by atoms with E-state index in [9.17, 15) is 9.90 Å². The molecule has 2 heterocycles. The third-order valence-electron chi connectivity index (χ3n) is 4.38. The van der Waals surface area contributed by atoms with Crippen LogP contribution in [0.5, 0.6) is 5.75 Å². The van der Waals surface area contributed by atoms with Crippen LogP contribution in [-0.2, 0) is 11.8 Å². The van der Waals surface area contributed by atoms with Crippen molar-refractivity contribution in [3.63, 3.8) is 0 Å². The number of amides is 1. The Hall–Kier alpha value is -2.05. The van der Waals surface area contributed by atoms with Crippen molar-refractivity contribution >= 4 is 16.8 Å². The summed E-state index contributed by atoms with van der Waals surface area (Å²) in [7, 11) is 3.48. The SMILES string of the molecule is CCO[C@@H]1CN(C(=O)c2cc3ccc(OC)cc3n2C)C[C@H]1O. The predicted octanol–water partition coefficient (Wildman–Crippen LogP) is 1.41. The minimum atomic E-state index is -0.631. The molecule has 3 rings (SSSR count). The highest BCUT2D eigenvalue weighted by atomic mass is 16.5. The Labute approximate surface area is 135 Å². The van der Waals surface area contributed by atoms with Crippen LogP contribution in [0, 0.1) is 0 Å². The Balaban J connectivity index is 1.88. The molecule has 1 fully saturated rings. The Morgan fingerprint density at radius 2 is 2.13 bits per heavy atom. The standard InChI is InChI=1S/C17H22N2O4/c1-4-23-16-10-19(9-15(16)20)17(21)14-7-11-5-6-12(22-3)8-13(11)18(14)2/h5-8,15-16,20H,4,9-10H2,1-3H3/t15-,16-/m1/s1. The molecule has 124 valence electrons. The van der Waals surface area contributed by atoms with Gasteiger partial charge in [0, 0.05) is 38.2 Å². The number of benzene rings is 1. The van der Waals surface area contributed by atoms with Gasteiger partial charge in [-0.15, -0.1) is 0 Å².